The third-order valence-electron chi connectivity index (χ3n) is 6.43. The molecular formula is C26H37NO4. The standard InChI is InChI=1S/C26H37NO4/c1-8-22(24(30)27-20-16-18(28)12-13-21(20)29)31-23-14-11-17(25(4,5)9-2)15-19(23)26(6,7)10-3/h11-16,22,28-29H,8-10H2,1-7H3,(H,27,30). The Morgan fingerprint density at radius 1 is 0.968 bits per heavy atom. The molecule has 170 valence electrons. The predicted octanol–water partition coefficient (Wildman–Crippen LogP) is 6.27. The number of phenols is 2. The molecule has 0 bridgehead atoms. The molecule has 0 aliphatic rings. The number of anilines is 1. The zero-order valence-corrected chi connectivity index (χ0v) is 19.9. The number of phenolic OH excluding ortho intramolecular Hbond substituents is 2. The van der Waals surface area contributed by atoms with E-state index in [0.29, 0.717) is 12.2 Å². The minimum absolute atomic E-state index is 0.0387. The monoisotopic (exact) mass is 427 g/mol. The van der Waals surface area contributed by atoms with Crippen LogP contribution in [0.4, 0.5) is 5.69 Å². The summed E-state index contributed by atoms with van der Waals surface area (Å²) in [4.78, 5) is 12.9. The number of hydrogen-bond donors (Lipinski definition) is 3. The molecule has 1 atom stereocenters. The normalized spacial score (nSPS) is 13.0. The predicted molar refractivity (Wildman–Crippen MR) is 126 cm³/mol. The van der Waals surface area contributed by atoms with Crippen LogP contribution < -0.4 is 10.1 Å². The highest BCUT2D eigenvalue weighted by atomic mass is 16.5. The molecule has 0 saturated heterocycles. The van der Waals surface area contributed by atoms with Crippen LogP contribution in [-0.4, -0.2) is 22.2 Å². The van der Waals surface area contributed by atoms with Crippen LogP contribution in [0.1, 0.15) is 78.9 Å². The van der Waals surface area contributed by atoms with Crippen molar-refractivity contribution in [2.45, 2.75) is 84.7 Å². The summed E-state index contributed by atoms with van der Waals surface area (Å²) in [7, 11) is 0. The van der Waals surface area contributed by atoms with Crippen LogP contribution in [0.3, 0.4) is 0 Å². The molecule has 0 radical (unpaired) electrons. The fraction of sp³-hybridized carbons (Fsp3) is 0.500. The van der Waals surface area contributed by atoms with Gasteiger partial charge in [-0.15, -0.1) is 0 Å². The molecule has 2 aromatic carbocycles. The van der Waals surface area contributed by atoms with Gasteiger partial charge in [-0.1, -0.05) is 60.6 Å². The third-order valence-corrected chi connectivity index (χ3v) is 6.43. The average Bonchev–Trinajstić information content (AvgIpc) is 2.74. The molecule has 0 fully saturated rings. The first kappa shape index (κ1) is 24.6. The summed E-state index contributed by atoms with van der Waals surface area (Å²) in [6, 6.07) is 10.3. The lowest BCUT2D eigenvalue weighted by atomic mass is 9.76. The van der Waals surface area contributed by atoms with Crippen LogP contribution in [0.25, 0.3) is 0 Å². The van der Waals surface area contributed by atoms with E-state index in [-0.39, 0.29) is 33.9 Å². The SMILES string of the molecule is CCC(Oc1ccc(C(C)(C)CC)cc1C(C)(C)CC)C(=O)Nc1cc(O)ccc1O. The van der Waals surface area contributed by atoms with Crippen molar-refractivity contribution in [1.29, 1.82) is 0 Å². The van der Waals surface area contributed by atoms with E-state index in [2.05, 4.69) is 59.0 Å². The summed E-state index contributed by atoms with van der Waals surface area (Å²) >= 11 is 0. The summed E-state index contributed by atoms with van der Waals surface area (Å²) < 4.78 is 6.23. The van der Waals surface area contributed by atoms with Crippen LogP contribution in [0.15, 0.2) is 36.4 Å². The van der Waals surface area contributed by atoms with Gasteiger partial charge in [-0.3, -0.25) is 4.79 Å². The second kappa shape index (κ2) is 9.63. The minimum atomic E-state index is -0.738. The van der Waals surface area contributed by atoms with Gasteiger partial charge in [-0.05, 0) is 53.9 Å². The number of carbonyl (C=O) groups is 1. The van der Waals surface area contributed by atoms with Crippen LogP contribution in [0, 0.1) is 0 Å². The topological polar surface area (TPSA) is 78.8 Å². The van der Waals surface area contributed by atoms with E-state index in [9.17, 15) is 15.0 Å². The van der Waals surface area contributed by atoms with Gasteiger partial charge in [0, 0.05) is 11.6 Å². The summed E-state index contributed by atoms with van der Waals surface area (Å²) in [6.07, 6.45) is 1.67. The van der Waals surface area contributed by atoms with Crippen molar-refractivity contribution in [2.75, 3.05) is 5.32 Å². The van der Waals surface area contributed by atoms with Crippen LogP contribution in [-0.2, 0) is 15.6 Å². The van der Waals surface area contributed by atoms with Gasteiger partial charge in [0.05, 0.1) is 5.69 Å². The Morgan fingerprint density at radius 3 is 2.19 bits per heavy atom. The molecule has 1 unspecified atom stereocenters. The zero-order valence-electron chi connectivity index (χ0n) is 19.9. The Morgan fingerprint density at radius 2 is 1.61 bits per heavy atom. The maximum atomic E-state index is 12.9. The Bertz CT molecular complexity index is 918. The van der Waals surface area contributed by atoms with Crippen molar-refractivity contribution in [1.82, 2.24) is 0 Å². The number of ether oxygens (including phenoxy) is 1. The first-order valence-electron chi connectivity index (χ1n) is 11.1. The van der Waals surface area contributed by atoms with E-state index in [4.69, 9.17) is 4.74 Å². The highest BCUT2D eigenvalue weighted by Gasteiger charge is 2.29. The second-order valence-corrected chi connectivity index (χ2v) is 9.39. The maximum absolute atomic E-state index is 12.9. The number of aromatic hydroxyl groups is 2. The van der Waals surface area contributed by atoms with Gasteiger partial charge in [0.1, 0.15) is 17.2 Å². The highest BCUT2D eigenvalue weighted by molar-refractivity contribution is 5.95. The van der Waals surface area contributed by atoms with Crippen molar-refractivity contribution in [3.05, 3.63) is 47.5 Å². The van der Waals surface area contributed by atoms with Gasteiger partial charge in [0.25, 0.3) is 5.91 Å². The lowest BCUT2D eigenvalue weighted by Gasteiger charge is -2.31. The number of nitrogens with one attached hydrogen (secondary N) is 1. The number of benzene rings is 2. The summed E-state index contributed by atoms with van der Waals surface area (Å²) in [6.45, 7) is 15.0. The summed E-state index contributed by atoms with van der Waals surface area (Å²) in [5.41, 5.74) is 2.42. The zero-order chi connectivity index (χ0) is 23.4. The molecular weight excluding hydrogens is 390 g/mol. The molecule has 0 heterocycles. The summed E-state index contributed by atoms with van der Waals surface area (Å²) in [5.74, 6) is 0.175. The molecule has 5 nitrogen and oxygen atoms in total. The first-order valence-corrected chi connectivity index (χ1v) is 11.1. The van der Waals surface area contributed by atoms with Crippen molar-refractivity contribution in [3.8, 4) is 17.2 Å². The fourth-order valence-electron chi connectivity index (χ4n) is 3.29. The molecule has 31 heavy (non-hydrogen) atoms. The summed E-state index contributed by atoms with van der Waals surface area (Å²) in [5, 5.41) is 22.3. The van der Waals surface area contributed by atoms with E-state index < -0.39 is 6.10 Å². The van der Waals surface area contributed by atoms with Gasteiger partial charge in [0.15, 0.2) is 6.10 Å². The molecule has 3 N–H and O–H groups in total. The largest absolute Gasteiger partial charge is 0.508 e. The van der Waals surface area contributed by atoms with Crippen LogP contribution in [0.5, 0.6) is 17.2 Å². The number of amides is 1. The molecule has 0 aliphatic heterocycles. The molecule has 2 aromatic rings. The van der Waals surface area contributed by atoms with E-state index in [1.165, 1.54) is 23.8 Å². The van der Waals surface area contributed by atoms with Gasteiger partial charge in [0.2, 0.25) is 0 Å². The number of rotatable bonds is 9. The Labute approximate surface area is 186 Å². The number of hydrogen-bond acceptors (Lipinski definition) is 4. The molecule has 1 amide bonds. The van der Waals surface area contributed by atoms with E-state index >= 15 is 0 Å². The van der Waals surface area contributed by atoms with Crippen molar-refractivity contribution in [3.63, 3.8) is 0 Å². The molecule has 5 heteroatoms. The Balaban J connectivity index is 2.37. The van der Waals surface area contributed by atoms with Gasteiger partial charge < -0.3 is 20.3 Å². The third kappa shape index (κ3) is 5.72. The Hall–Kier alpha value is -2.69. The van der Waals surface area contributed by atoms with E-state index in [1.54, 1.807) is 0 Å². The highest BCUT2D eigenvalue weighted by Crippen LogP contribution is 2.39. The number of carbonyl (C=O) groups excluding carboxylic acids is 1. The van der Waals surface area contributed by atoms with Crippen molar-refractivity contribution in [2.24, 2.45) is 0 Å². The van der Waals surface area contributed by atoms with Gasteiger partial charge in [-0.25, -0.2) is 0 Å². The molecule has 0 spiro atoms. The van der Waals surface area contributed by atoms with Gasteiger partial charge in [-0.2, -0.15) is 0 Å². The van der Waals surface area contributed by atoms with E-state index in [0.717, 1.165) is 18.4 Å². The van der Waals surface area contributed by atoms with Gasteiger partial charge >= 0.3 is 0 Å². The van der Waals surface area contributed by atoms with Crippen LogP contribution in [0.2, 0.25) is 0 Å². The van der Waals surface area contributed by atoms with E-state index in [1.807, 2.05) is 13.0 Å². The second-order valence-electron chi connectivity index (χ2n) is 9.39. The molecule has 0 saturated carbocycles. The molecule has 0 aliphatic carbocycles. The average molecular weight is 428 g/mol. The lowest BCUT2D eigenvalue weighted by molar-refractivity contribution is -0.122. The maximum Gasteiger partial charge on any atom is 0.265 e. The fourth-order valence-corrected chi connectivity index (χ4v) is 3.29. The molecule has 0 aromatic heterocycles. The smallest absolute Gasteiger partial charge is 0.265 e. The Kier molecular flexibility index (Phi) is 7.63. The first-order chi connectivity index (χ1) is 14.4. The lowest BCUT2D eigenvalue weighted by Crippen LogP contribution is -2.33. The molecule has 2 rings (SSSR count). The van der Waals surface area contributed by atoms with Crippen molar-refractivity contribution < 1.29 is 19.7 Å². The van der Waals surface area contributed by atoms with Crippen molar-refractivity contribution >= 4 is 11.6 Å². The minimum Gasteiger partial charge on any atom is -0.508 e. The quantitative estimate of drug-likeness (QED) is 0.325. The van der Waals surface area contributed by atoms with Crippen LogP contribution >= 0.6 is 0 Å².